The van der Waals surface area contributed by atoms with Crippen LogP contribution in [-0.4, -0.2) is 48.3 Å². The summed E-state index contributed by atoms with van der Waals surface area (Å²) in [6, 6.07) is 4.89. The van der Waals surface area contributed by atoms with Gasteiger partial charge in [0.15, 0.2) is 5.96 Å². The molecule has 1 aliphatic heterocycles. The number of ether oxygens (including phenoxy) is 1. The van der Waals surface area contributed by atoms with Gasteiger partial charge in [-0.25, -0.2) is 4.39 Å². The molecule has 1 aliphatic rings. The Hall–Kier alpha value is -1.35. The molecule has 0 aliphatic carbocycles. The van der Waals surface area contributed by atoms with Crippen molar-refractivity contribution in [3.05, 3.63) is 35.8 Å². The Balaban J connectivity index is 0.00000192. The van der Waals surface area contributed by atoms with Crippen molar-refractivity contribution in [3.8, 4) is 0 Å². The molecule has 126 valence electrons. The SMILES string of the molecule is Cn1cc(CCN=C(N)N2CCOCC2)c2ccc(F)cc21.I. The molecule has 0 unspecified atom stereocenters. The molecule has 0 radical (unpaired) electrons. The zero-order valence-electron chi connectivity index (χ0n) is 13.2. The van der Waals surface area contributed by atoms with E-state index in [-0.39, 0.29) is 29.8 Å². The topological polar surface area (TPSA) is 55.8 Å². The summed E-state index contributed by atoms with van der Waals surface area (Å²) in [5, 5.41) is 1.07. The Bertz CT molecular complexity index is 695. The number of hydrogen-bond donors (Lipinski definition) is 1. The molecule has 3 rings (SSSR count). The molecule has 2 aromatic rings. The number of hydrogen-bond acceptors (Lipinski definition) is 2. The maximum Gasteiger partial charge on any atom is 0.191 e. The average molecular weight is 432 g/mol. The number of aromatic nitrogens is 1. The summed E-state index contributed by atoms with van der Waals surface area (Å²) in [6.45, 7) is 3.61. The molecule has 0 bridgehead atoms. The van der Waals surface area contributed by atoms with Crippen LogP contribution in [0.25, 0.3) is 10.9 Å². The summed E-state index contributed by atoms with van der Waals surface area (Å²) < 4.78 is 20.6. The molecular weight excluding hydrogens is 410 g/mol. The van der Waals surface area contributed by atoms with Gasteiger partial charge in [0, 0.05) is 38.3 Å². The van der Waals surface area contributed by atoms with Gasteiger partial charge in [-0.1, -0.05) is 0 Å². The molecule has 5 nitrogen and oxygen atoms in total. The zero-order valence-corrected chi connectivity index (χ0v) is 15.5. The summed E-state index contributed by atoms with van der Waals surface area (Å²) in [7, 11) is 1.93. The van der Waals surface area contributed by atoms with Gasteiger partial charge >= 0.3 is 0 Å². The van der Waals surface area contributed by atoms with Crippen molar-refractivity contribution in [2.45, 2.75) is 6.42 Å². The number of aryl methyl sites for hydroxylation is 1. The van der Waals surface area contributed by atoms with Gasteiger partial charge in [0.05, 0.1) is 18.7 Å². The number of morpholine rings is 1. The van der Waals surface area contributed by atoms with E-state index in [1.165, 1.54) is 6.07 Å². The summed E-state index contributed by atoms with van der Waals surface area (Å²) in [4.78, 5) is 6.50. The third kappa shape index (κ3) is 4.14. The smallest absolute Gasteiger partial charge is 0.191 e. The Morgan fingerprint density at radius 2 is 2.09 bits per heavy atom. The van der Waals surface area contributed by atoms with E-state index in [1.54, 1.807) is 6.07 Å². The molecule has 0 spiro atoms. The molecule has 2 N–H and O–H groups in total. The van der Waals surface area contributed by atoms with E-state index in [9.17, 15) is 4.39 Å². The molecule has 23 heavy (non-hydrogen) atoms. The molecule has 1 aromatic heterocycles. The zero-order chi connectivity index (χ0) is 15.5. The Morgan fingerprint density at radius 1 is 1.35 bits per heavy atom. The molecule has 0 amide bonds. The molecule has 0 saturated carbocycles. The lowest BCUT2D eigenvalue weighted by Gasteiger charge is -2.27. The maximum atomic E-state index is 13.3. The van der Waals surface area contributed by atoms with E-state index >= 15 is 0 Å². The predicted molar refractivity (Wildman–Crippen MR) is 101 cm³/mol. The largest absolute Gasteiger partial charge is 0.378 e. The number of nitrogens with two attached hydrogens (primary N) is 1. The monoisotopic (exact) mass is 432 g/mol. The average Bonchev–Trinajstić information content (AvgIpc) is 2.84. The van der Waals surface area contributed by atoms with Crippen LogP contribution in [-0.2, 0) is 18.2 Å². The van der Waals surface area contributed by atoms with Crippen LogP contribution in [0, 0.1) is 5.82 Å². The highest BCUT2D eigenvalue weighted by Gasteiger charge is 2.12. The first-order chi connectivity index (χ1) is 10.6. The van der Waals surface area contributed by atoms with Crippen LogP contribution in [0.4, 0.5) is 4.39 Å². The van der Waals surface area contributed by atoms with Crippen molar-refractivity contribution >= 4 is 40.8 Å². The van der Waals surface area contributed by atoms with Crippen LogP contribution in [0.3, 0.4) is 0 Å². The first-order valence-electron chi connectivity index (χ1n) is 7.51. The van der Waals surface area contributed by atoms with E-state index in [0.717, 1.165) is 36.0 Å². The van der Waals surface area contributed by atoms with Gasteiger partial charge in [0.25, 0.3) is 0 Å². The van der Waals surface area contributed by atoms with Gasteiger partial charge < -0.3 is 19.9 Å². The molecule has 1 saturated heterocycles. The van der Waals surface area contributed by atoms with Crippen molar-refractivity contribution in [1.82, 2.24) is 9.47 Å². The Morgan fingerprint density at radius 3 is 2.83 bits per heavy atom. The lowest BCUT2D eigenvalue weighted by atomic mass is 10.1. The van der Waals surface area contributed by atoms with Crippen molar-refractivity contribution in [2.24, 2.45) is 17.8 Å². The fourth-order valence-corrected chi connectivity index (χ4v) is 2.82. The maximum absolute atomic E-state index is 13.3. The molecular formula is C16H22FIN4O. The van der Waals surface area contributed by atoms with E-state index in [2.05, 4.69) is 4.99 Å². The number of aliphatic imine (C=N–C) groups is 1. The van der Waals surface area contributed by atoms with Crippen LogP contribution < -0.4 is 5.73 Å². The third-order valence-corrected chi connectivity index (χ3v) is 4.03. The number of guanidine groups is 1. The van der Waals surface area contributed by atoms with Crippen LogP contribution in [0.5, 0.6) is 0 Å². The molecule has 1 aromatic carbocycles. The molecule has 2 heterocycles. The van der Waals surface area contributed by atoms with Crippen LogP contribution in [0.1, 0.15) is 5.56 Å². The van der Waals surface area contributed by atoms with E-state index in [4.69, 9.17) is 10.5 Å². The number of fused-ring (bicyclic) bond motifs is 1. The summed E-state index contributed by atoms with van der Waals surface area (Å²) in [5.41, 5.74) is 8.08. The first kappa shape index (κ1) is 18.0. The van der Waals surface area contributed by atoms with Gasteiger partial charge in [0.1, 0.15) is 5.82 Å². The van der Waals surface area contributed by atoms with Crippen LogP contribution in [0.2, 0.25) is 0 Å². The van der Waals surface area contributed by atoms with E-state index in [0.29, 0.717) is 25.7 Å². The summed E-state index contributed by atoms with van der Waals surface area (Å²) in [5.74, 6) is 0.365. The van der Waals surface area contributed by atoms with Crippen molar-refractivity contribution in [3.63, 3.8) is 0 Å². The highest BCUT2D eigenvalue weighted by molar-refractivity contribution is 14.0. The van der Waals surface area contributed by atoms with E-state index < -0.39 is 0 Å². The first-order valence-corrected chi connectivity index (χ1v) is 7.51. The fourth-order valence-electron chi connectivity index (χ4n) is 2.82. The fraction of sp³-hybridized carbons (Fsp3) is 0.438. The molecule has 1 fully saturated rings. The second-order valence-electron chi connectivity index (χ2n) is 5.52. The van der Waals surface area contributed by atoms with Crippen molar-refractivity contribution < 1.29 is 9.13 Å². The normalized spacial score (nSPS) is 15.7. The highest BCUT2D eigenvalue weighted by Crippen LogP contribution is 2.22. The highest BCUT2D eigenvalue weighted by atomic mass is 127. The number of halogens is 2. The summed E-state index contributed by atoms with van der Waals surface area (Å²) in [6.07, 6.45) is 2.82. The Labute approximate surface area is 152 Å². The minimum Gasteiger partial charge on any atom is -0.378 e. The van der Waals surface area contributed by atoms with Crippen LogP contribution in [0.15, 0.2) is 29.4 Å². The number of benzene rings is 1. The Kier molecular flexibility index (Phi) is 6.23. The number of rotatable bonds is 3. The summed E-state index contributed by atoms with van der Waals surface area (Å²) >= 11 is 0. The van der Waals surface area contributed by atoms with Crippen molar-refractivity contribution in [1.29, 1.82) is 0 Å². The van der Waals surface area contributed by atoms with Crippen molar-refractivity contribution in [2.75, 3.05) is 32.8 Å². The van der Waals surface area contributed by atoms with Gasteiger partial charge in [-0.2, -0.15) is 0 Å². The third-order valence-electron chi connectivity index (χ3n) is 4.03. The minimum absolute atomic E-state index is 0. The van der Waals surface area contributed by atoms with Gasteiger partial charge in [0.2, 0.25) is 0 Å². The van der Waals surface area contributed by atoms with Crippen LogP contribution >= 0.6 is 24.0 Å². The second-order valence-corrected chi connectivity index (χ2v) is 5.52. The lowest BCUT2D eigenvalue weighted by molar-refractivity contribution is 0.0674. The quantitative estimate of drug-likeness (QED) is 0.460. The van der Waals surface area contributed by atoms with E-state index in [1.807, 2.05) is 28.8 Å². The van der Waals surface area contributed by atoms with Gasteiger partial charge in [-0.15, -0.1) is 24.0 Å². The van der Waals surface area contributed by atoms with Gasteiger partial charge in [-0.05, 0) is 30.2 Å². The predicted octanol–water partition coefficient (Wildman–Crippen LogP) is 2.12. The molecule has 0 atom stereocenters. The molecule has 7 heteroatoms. The second kappa shape index (κ2) is 7.96. The van der Waals surface area contributed by atoms with Gasteiger partial charge in [-0.3, -0.25) is 4.99 Å². The lowest BCUT2D eigenvalue weighted by Crippen LogP contribution is -2.44. The number of nitrogens with zero attached hydrogens (tertiary/aromatic N) is 3. The minimum atomic E-state index is -0.213. The standard InChI is InChI=1S/C16H21FN4O.HI/c1-20-11-12(14-3-2-13(17)10-15(14)20)4-5-19-16(18)21-6-8-22-9-7-21;/h2-3,10-11H,4-9H2,1H3,(H2,18,19);1H.